The fraction of sp³-hybridized carbons (Fsp3) is 0.700. The summed E-state index contributed by atoms with van der Waals surface area (Å²) in [4.78, 5) is 14.9. The van der Waals surface area contributed by atoms with Gasteiger partial charge in [0.05, 0.1) is 24.9 Å². The average Bonchev–Trinajstić information content (AvgIpc) is 2.86. The molecule has 1 aliphatic heterocycles. The van der Waals surface area contributed by atoms with E-state index in [0.29, 0.717) is 24.6 Å². The number of carbonyl (C=O) groups excluding carboxylic acids is 1. The number of alkyl halides is 1. The summed E-state index contributed by atoms with van der Waals surface area (Å²) >= 11 is 4.60. The molecule has 5 nitrogen and oxygen atoms in total. The lowest BCUT2D eigenvalue weighted by molar-refractivity contribution is 0.00545. The standard InChI is InChI=1S/C10H14BrN3O2S/c1-2-8-9(17-13-12-8)10(15)14-3-4-16-6-7(14)5-11/h7H,2-6H2,1H3. The van der Waals surface area contributed by atoms with E-state index in [-0.39, 0.29) is 11.9 Å². The molecule has 1 amide bonds. The summed E-state index contributed by atoms with van der Waals surface area (Å²) in [5.74, 6) is 0.0320. The zero-order chi connectivity index (χ0) is 12.3. The number of carbonyl (C=O) groups is 1. The highest BCUT2D eigenvalue weighted by Crippen LogP contribution is 2.18. The summed E-state index contributed by atoms with van der Waals surface area (Å²) < 4.78 is 9.24. The maximum Gasteiger partial charge on any atom is 0.267 e. The van der Waals surface area contributed by atoms with Gasteiger partial charge in [-0.05, 0) is 18.0 Å². The van der Waals surface area contributed by atoms with Gasteiger partial charge in [0.25, 0.3) is 5.91 Å². The minimum atomic E-state index is 0.0320. The number of amides is 1. The van der Waals surface area contributed by atoms with Crippen LogP contribution in [-0.4, -0.2) is 51.5 Å². The molecule has 1 aromatic rings. The number of hydrogen-bond donors (Lipinski definition) is 0. The lowest BCUT2D eigenvalue weighted by Gasteiger charge is -2.34. The van der Waals surface area contributed by atoms with E-state index >= 15 is 0 Å². The average molecular weight is 320 g/mol. The van der Waals surface area contributed by atoms with E-state index in [1.165, 1.54) is 11.5 Å². The van der Waals surface area contributed by atoms with Gasteiger partial charge >= 0.3 is 0 Å². The first-order valence-electron chi connectivity index (χ1n) is 5.53. The Bertz CT molecular complexity index is 399. The van der Waals surface area contributed by atoms with Crippen molar-refractivity contribution >= 4 is 33.4 Å². The third-order valence-corrected chi connectivity index (χ3v) is 4.25. The number of ether oxygens (including phenoxy) is 1. The van der Waals surface area contributed by atoms with Gasteiger partial charge in [-0.2, -0.15) is 0 Å². The number of aryl methyl sites for hydroxylation is 1. The molecule has 1 aliphatic rings. The molecule has 0 spiro atoms. The summed E-state index contributed by atoms with van der Waals surface area (Å²) in [6.45, 7) is 3.80. The Morgan fingerprint density at radius 2 is 2.53 bits per heavy atom. The van der Waals surface area contributed by atoms with Crippen molar-refractivity contribution in [2.24, 2.45) is 0 Å². The van der Waals surface area contributed by atoms with Crippen LogP contribution in [0.1, 0.15) is 22.3 Å². The number of hydrogen-bond acceptors (Lipinski definition) is 5. The van der Waals surface area contributed by atoms with Crippen molar-refractivity contribution in [2.45, 2.75) is 19.4 Å². The molecule has 0 radical (unpaired) electrons. The third kappa shape index (κ3) is 2.66. The smallest absolute Gasteiger partial charge is 0.267 e. The van der Waals surface area contributed by atoms with Gasteiger partial charge in [-0.15, -0.1) is 5.10 Å². The SMILES string of the molecule is CCc1nnsc1C(=O)N1CCOCC1CBr. The third-order valence-electron chi connectivity index (χ3n) is 2.75. The normalized spacial score (nSPS) is 20.6. The first-order valence-corrected chi connectivity index (χ1v) is 7.43. The van der Waals surface area contributed by atoms with E-state index in [4.69, 9.17) is 4.74 Å². The number of halogens is 1. The van der Waals surface area contributed by atoms with Crippen LogP contribution in [0.5, 0.6) is 0 Å². The largest absolute Gasteiger partial charge is 0.377 e. The second kappa shape index (κ2) is 5.88. The fourth-order valence-electron chi connectivity index (χ4n) is 1.78. The zero-order valence-electron chi connectivity index (χ0n) is 9.56. The van der Waals surface area contributed by atoms with Crippen LogP contribution in [0.3, 0.4) is 0 Å². The summed E-state index contributed by atoms with van der Waals surface area (Å²) in [7, 11) is 0. The molecule has 94 valence electrons. The van der Waals surface area contributed by atoms with E-state index in [1.807, 2.05) is 11.8 Å². The highest BCUT2D eigenvalue weighted by Gasteiger charge is 2.29. The first kappa shape index (κ1) is 12.9. The quantitative estimate of drug-likeness (QED) is 0.789. The number of nitrogens with zero attached hydrogens (tertiary/aromatic N) is 3. The van der Waals surface area contributed by atoms with Crippen LogP contribution in [-0.2, 0) is 11.2 Å². The van der Waals surface area contributed by atoms with Gasteiger partial charge in [-0.3, -0.25) is 4.79 Å². The van der Waals surface area contributed by atoms with Crippen molar-refractivity contribution in [3.05, 3.63) is 10.6 Å². The van der Waals surface area contributed by atoms with E-state index in [0.717, 1.165) is 17.4 Å². The molecule has 17 heavy (non-hydrogen) atoms. The van der Waals surface area contributed by atoms with Crippen LogP contribution >= 0.6 is 27.5 Å². The molecule has 0 N–H and O–H groups in total. The Kier molecular flexibility index (Phi) is 4.47. The van der Waals surface area contributed by atoms with E-state index in [9.17, 15) is 4.79 Å². The van der Waals surface area contributed by atoms with Crippen LogP contribution in [0.25, 0.3) is 0 Å². The van der Waals surface area contributed by atoms with E-state index in [2.05, 4.69) is 25.5 Å². The van der Waals surface area contributed by atoms with Gasteiger partial charge in [0.1, 0.15) is 4.88 Å². The van der Waals surface area contributed by atoms with Crippen molar-refractivity contribution in [2.75, 3.05) is 25.1 Å². The highest BCUT2D eigenvalue weighted by atomic mass is 79.9. The molecule has 7 heteroatoms. The molecule has 2 heterocycles. The van der Waals surface area contributed by atoms with Crippen molar-refractivity contribution in [1.29, 1.82) is 0 Å². The van der Waals surface area contributed by atoms with Gasteiger partial charge in [-0.25, -0.2) is 0 Å². The summed E-state index contributed by atoms with van der Waals surface area (Å²) in [6.07, 6.45) is 0.737. The minimum Gasteiger partial charge on any atom is -0.377 e. The summed E-state index contributed by atoms with van der Waals surface area (Å²) in [5.41, 5.74) is 0.791. The molecular formula is C10H14BrN3O2S. The Morgan fingerprint density at radius 1 is 1.71 bits per heavy atom. The van der Waals surface area contributed by atoms with E-state index in [1.54, 1.807) is 0 Å². The zero-order valence-corrected chi connectivity index (χ0v) is 12.0. The molecule has 1 aromatic heterocycles. The number of rotatable bonds is 3. The molecule has 0 aromatic carbocycles. The van der Waals surface area contributed by atoms with Gasteiger partial charge < -0.3 is 9.64 Å². The van der Waals surface area contributed by atoms with Crippen molar-refractivity contribution < 1.29 is 9.53 Å². The van der Waals surface area contributed by atoms with Crippen molar-refractivity contribution in [3.63, 3.8) is 0 Å². The molecule has 0 bridgehead atoms. The lowest BCUT2D eigenvalue weighted by Crippen LogP contribution is -2.49. The molecule has 1 atom stereocenters. The minimum absolute atomic E-state index is 0.0320. The van der Waals surface area contributed by atoms with Crippen LogP contribution in [0.15, 0.2) is 0 Å². The fourth-order valence-corrected chi connectivity index (χ4v) is 3.03. The second-order valence-electron chi connectivity index (χ2n) is 3.78. The summed E-state index contributed by atoms with van der Waals surface area (Å²) in [5, 5.41) is 4.71. The predicted molar refractivity (Wildman–Crippen MR) is 68.7 cm³/mol. The van der Waals surface area contributed by atoms with Gasteiger partial charge in [-0.1, -0.05) is 27.3 Å². The topological polar surface area (TPSA) is 55.3 Å². The van der Waals surface area contributed by atoms with Crippen LogP contribution < -0.4 is 0 Å². The molecule has 1 fully saturated rings. The number of morpholine rings is 1. The molecule has 1 unspecified atom stereocenters. The number of aromatic nitrogens is 2. The van der Waals surface area contributed by atoms with Crippen LogP contribution in [0.4, 0.5) is 0 Å². The molecule has 2 rings (SSSR count). The highest BCUT2D eigenvalue weighted by molar-refractivity contribution is 9.09. The monoisotopic (exact) mass is 319 g/mol. The van der Waals surface area contributed by atoms with E-state index < -0.39 is 0 Å². The molecule has 0 saturated carbocycles. The Hall–Kier alpha value is -0.530. The van der Waals surface area contributed by atoms with Crippen LogP contribution in [0, 0.1) is 0 Å². The first-order chi connectivity index (χ1) is 8.27. The maximum atomic E-state index is 12.4. The van der Waals surface area contributed by atoms with Gasteiger partial charge in [0, 0.05) is 11.9 Å². The van der Waals surface area contributed by atoms with Crippen LogP contribution in [0.2, 0.25) is 0 Å². The lowest BCUT2D eigenvalue weighted by atomic mass is 10.2. The predicted octanol–water partition coefficient (Wildman–Crippen LogP) is 1.34. The van der Waals surface area contributed by atoms with Gasteiger partial charge in [0.15, 0.2) is 0 Å². The summed E-state index contributed by atoms with van der Waals surface area (Å²) in [6, 6.07) is 0.100. The second-order valence-corrected chi connectivity index (χ2v) is 5.19. The Balaban J connectivity index is 2.18. The molecule has 1 saturated heterocycles. The Morgan fingerprint density at radius 3 is 3.24 bits per heavy atom. The Labute approximate surface area is 112 Å². The maximum absolute atomic E-state index is 12.4. The molecular weight excluding hydrogens is 306 g/mol. The molecule has 0 aliphatic carbocycles. The van der Waals surface area contributed by atoms with Gasteiger partial charge in [0.2, 0.25) is 0 Å². The van der Waals surface area contributed by atoms with Crippen molar-refractivity contribution in [3.8, 4) is 0 Å². The van der Waals surface area contributed by atoms with Crippen molar-refractivity contribution in [1.82, 2.24) is 14.5 Å².